The van der Waals surface area contributed by atoms with Gasteiger partial charge >= 0.3 is 73.9 Å². The monoisotopic (exact) mass is 719 g/mol. The van der Waals surface area contributed by atoms with E-state index in [4.69, 9.17) is 20.4 Å². The largest absolute Gasteiger partial charge is 2.00 e. The minimum absolute atomic E-state index is 0. The first-order valence-electron chi connectivity index (χ1n) is 10.7. The van der Waals surface area contributed by atoms with Gasteiger partial charge in [0.25, 0.3) is 0 Å². The Balaban J connectivity index is -0.000000482. The van der Waals surface area contributed by atoms with Gasteiger partial charge < -0.3 is 20.4 Å². The summed E-state index contributed by atoms with van der Waals surface area (Å²) in [5, 5.41) is 33.9. The van der Waals surface area contributed by atoms with Crippen LogP contribution < -0.4 is 0 Å². The van der Waals surface area contributed by atoms with E-state index in [-0.39, 0.29) is 56.4 Å². The molecule has 0 amide bonds. The molecule has 0 bridgehead atoms. The van der Waals surface area contributed by atoms with Gasteiger partial charge in [0.15, 0.2) is 0 Å². The Labute approximate surface area is 261 Å². The van der Waals surface area contributed by atoms with Gasteiger partial charge in [0, 0.05) is 17.1 Å². The maximum absolute atomic E-state index is 10.7. The molecule has 0 aliphatic carbocycles. The summed E-state index contributed by atoms with van der Waals surface area (Å²) in [5.74, 6) is -4.25. The normalized spacial score (nSPS) is 10.8. The molecule has 4 rings (SSSR count). The summed E-state index contributed by atoms with van der Waals surface area (Å²) in [6, 6.07) is 30.0. The van der Waals surface area contributed by atoms with Crippen LogP contribution in [-0.2, 0) is 34.1 Å². The number of carbonyl (C=O) groups is 4. The second-order valence-electron chi connectivity index (χ2n) is 7.26. The Hall–Kier alpha value is -3.93. The molecule has 43 heavy (non-hydrogen) atoms. The molecular formula is C26H22F6Fe2O8P-. The Kier molecular flexibility index (Phi) is 18.8. The van der Waals surface area contributed by atoms with E-state index < -0.39 is 31.7 Å². The summed E-state index contributed by atoms with van der Waals surface area (Å²) < 4.78 is 59.2. The molecule has 4 N–H and O–H groups in total. The number of aromatic carboxylic acids is 4. The summed E-state index contributed by atoms with van der Waals surface area (Å²) in [4.78, 5) is 41.3. The van der Waals surface area contributed by atoms with Gasteiger partial charge in [-0.05, 0) is 48.5 Å². The zero-order valence-electron chi connectivity index (χ0n) is 21.2. The molecule has 0 aromatic heterocycles. The van der Waals surface area contributed by atoms with Gasteiger partial charge in [-0.2, -0.15) is 36.4 Å². The van der Waals surface area contributed by atoms with Crippen LogP contribution in [0, 0.1) is 0 Å². The van der Waals surface area contributed by atoms with Gasteiger partial charge in [0.05, 0.1) is 22.3 Å². The Morgan fingerprint density at radius 2 is 0.605 bits per heavy atom. The SMILES string of the molecule is F[P-](F)(F)(F)(F)F.O=C(O)c1ccc(C(=O)O)cc1.O=C(O)c1ccc(C(=O)O)cc1.[Fe+2].[Fe].c1cc[cH-]c1.c1cc[cH-]c1. The first-order chi connectivity index (χ1) is 18.7. The zero-order valence-corrected chi connectivity index (χ0v) is 24.3. The van der Waals surface area contributed by atoms with E-state index in [2.05, 4.69) is 0 Å². The predicted molar refractivity (Wildman–Crippen MR) is 138 cm³/mol. The van der Waals surface area contributed by atoms with Crippen molar-refractivity contribution in [2.24, 2.45) is 0 Å². The van der Waals surface area contributed by atoms with Crippen LogP contribution in [0.25, 0.3) is 0 Å². The third-order valence-electron chi connectivity index (χ3n) is 3.87. The molecule has 4 aromatic carbocycles. The predicted octanol–water partition coefficient (Wildman–Crippen LogP) is 8.35. The minimum atomic E-state index is -10.7. The van der Waals surface area contributed by atoms with Crippen molar-refractivity contribution in [1.82, 2.24) is 0 Å². The summed E-state index contributed by atoms with van der Waals surface area (Å²) in [7, 11) is -10.7. The summed E-state index contributed by atoms with van der Waals surface area (Å²) in [5.41, 5.74) is 0.333. The van der Waals surface area contributed by atoms with Gasteiger partial charge in [0.1, 0.15) is 0 Å². The summed E-state index contributed by atoms with van der Waals surface area (Å²) in [6.45, 7) is 0. The van der Waals surface area contributed by atoms with Crippen molar-refractivity contribution in [3.8, 4) is 0 Å². The first-order valence-corrected chi connectivity index (χ1v) is 12.7. The first kappa shape index (κ1) is 43.5. The van der Waals surface area contributed by atoms with Crippen molar-refractivity contribution in [2.75, 3.05) is 0 Å². The number of benzene rings is 2. The average molecular weight is 719 g/mol. The minimum Gasteiger partial charge on any atom is -0.478 e. The van der Waals surface area contributed by atoms with E-state index in [0.29, 0.717) is 0 Å². The Morgan fingerprint density at radius 1 is 0.465 bits per heavy atom. The molecule has 8 nitrogen and oxygen atoms in total. The average Bonchev–Trinajstić information content (AvgIpc) is 3.62. The van der Waals surface area contributed by atoms with Crippen LogP contribution in [0.4, 0.5) is 25.2 Å². The topological polar surface area (TPSA) is 149 Å². The number of carboxylic acids is 4. The number of hydrogen-bond acceptors (Lipinski definition) is 4. The fourth-order valence-electron chi connectivity index (χ4n) is 2.15. The fourth-order valence-corrected chi connectivity index (χ4v) is 2.15. The molecule has 0 spiro atoms. The van der Waals surface area contributed by atoms with Crippen LogP contribution in [0.5, 0.6) is 0 Å². The van der Waals surface area contributed by atoms with Crippen molar-refractivity contribution in [2.45, 2.75) is 0 Å². The molecule has 0 unspecified atom stereocenters. The van der Waals surface area contributed by atoms with Gasteiger partial charge in [-0.25, -0.2) is 43.4 Å². The van der Waals surface area contributed by atoms with E-state index in [0.717, 1.165) is 0 Å². The maximum atomic E-state index is 10.3. The standard InChI is InChI=1S/2C8H6O4.2C5H5.F6P.2Fe/c2*9-7(10)5-1-2-6(4-3-5)8(11)12;2*1-2-4-5-3-1;1-7(2,3,4,5)6;;/h2*1-4H,(H,9,10)(H,11,12);2*1-5H;;;/q;;3*-1;;+2. The molecule has 0 atom stereocenters. The third kappa shape index (κ3) is 28.0. The fraction of sp³-hybridized carbons (Fsp3) is 0. The van der Waals surface area contributed by atoms with E-state index in [9.17, 15) is 44.4 Å². The molecular weight excluding hydrogens is 697 g/mol. The molecule has 238 valence electrons. The van der Waals surface area contributed by atoms with Crippen LogP contribution in [-0.4, -0.2) is 44.3 Å². The molecule has 0 saturated heterocycles. The zero-order chi connectivity index (χ0) is 31.8. The van der Waals surface area contributed by atoms with Crippen LogP contribution in [0.15, 0.2) is 109 Å². The molecule has 0 radical (unpaired) electrons. The molecule has 0 aliphatic rings. The van der Waals surface area contributed by atoms with Crippen molar-refractivity contribution in [3.63, 3.8) is 0 Å². The Morgan fingerprint density at radius 3 is 0.674 bits per heavy atom. The number of halogens is 6. The molecule has 17 heteroatoms. The van der Waals surface area contributed by atoms with Crippen LogP contribution >= 0.6 is 7.81 Å². The Bertz CT molecular complexity index is 1160. The van der Waals surface area contributed by atoms with Gasteiger partial charge in [-0.15, -0.1) is 0 Å². The number of rotatable bonds is 4. The van der Waals surface area contributed by atoms with Gasteiger partial charge in [-0.3, -0.25) is 0 Å². The van der Waals surface area contributed by atoms with Gasteiger partial charge in [-0.1, -0.05) is 0 Å². The second kappa shape index (κ2) is 18.6. The smallest absolute Gasteiger partial charge is 0.478 e. The van der Waals surface area contributed by atoms with Crippen LogP contribution in [0.1, 0.15) is 41.4 Å². The van der Waals surface area contributed by atoms with E-state index in [1.807, 2.05) is 60.7 Å². The van der Waals surface area contributed by atoms with Crippen LogP contribution in [0.2, 0.25) is 0 Å². The van der Waals surface area contributed by atoms with Crippen molar-refractivity contribution >= 4 is 31.7 Å². The van der Waals surface area contributed by atoms with E-state index in [1.54, 1.807) is 0 Å². The van der Waals surface area contributed by atoms with Crippen molar-refractivity contribution < 1.29 is 98.9 Å². The summed E-state index contributed by atoms with van der Waals surface area (Å²) >= 11 is 0. The second-order valence-corrected chi connectivity index (χ2v) is 9.17. The molecule has 0 heterocycles. The quantitative estimate of drug-likeness (QED) is 0.0712. The number of hydrogen-bond donors (Lipinski definition) is 4. The van der Waals surface area contributed by atoms with E-state index in [1.165, 1.54) is 48.5 Å². The molecule has 0 saturated carbocycles. The van der Waals surface area contributed by atoms with Crippen molar-refractivity contribution in [3.05, 3.63) is 131 Å². The van der Waals surface area contributed by atoms with E-state index >= 15 is 0 Å². The number of carboxylic acid groups (broad SMARTS) is 4. The summed E-state index contributed by atoms with van der Waals surface area (Å²) in [6.07, 6.45) is 0. The van der Waals surface area contributed by atoms with Crippen LogP contribution in [0.3, 0.4) is 0 Å². The van der Waals surface area contributed by atoms with Gasteiger partial charge in [0.2, 0.25) is 0 Å². The molecule has 0 fully saturated rings. The molecule has 4 aromatic rings. The molecule has 0 aliphatic heterocycles. The maximum Gasteiger partial charge on any atom is 2.00 e. The van der Waals surface area contributed by atoms with Crippen molar-refractivity contribution in [1.29, 1.82) is 0 Å². The third-order valence-corrected chi connectivity index (χ3v) is 3.87.